The molecule has 1 aromatic carbocycles. The molecule has 3 heterocycles. The summed E-state index contributed by atoms with van der Waals surface area (Å²) in [6.07, 6.45) is 5.11. The van der Waals surface area contributed by atoms with E-state index in [1.54, 1.807) is 6.08 Å². The molecule has 0 amide bonds. The number of hydrogen-bond acceptors (Lipinski definition) is 8. The van der Waals surface area contributed by atoms with Crippen molar-refractivity contribution in [1.29, 1.82) is 0 Å². The van der Waals surface area contributed by atoms with E-state index in [0.717, 1.165) is 5.57 Å². The van der Waals surface area contributed by atoms with Crippen LogP contribution in [0.15, 0.2) is 34.9 Å². The summed E-state index contributed by atoms with van der Waals surface area (Å²) in [5.74, 6) is -2.05. The molecule has 9 nitrogen and oxygen atoms in total. The van der Waals surface area contributed by atoms with Crippen molar-refractivity contribution in [1.82, 2.24) is 0 Å². The number of phenols is 1. The molecule has 0 unspecified atom stereocenters. The highest BCUT2D eigenvalue weighted by Crippen LogP contribution is 2.70. The zero-order chi connectivity index (χ0) is 31.7. The number of allylic oxidation sites excluding steroid dienone is 2. The van der Waals surface area contributed by atoms with Gasteiger partial charge in [-0.1, -0.05) is 31.6 Å². The van der Waals surface area contributed by atoms with E-state index in [2.05, 4.69) is 0 Å². The third kappa shape index (κ3) is 3.43. The van der Waals surface area contributed by atoms with Crippen LogP contribution in [0.3, 0.4) is 0 Å². The Balaban J connectivity index is 1.70. The van der Waals surface area contributed by atoms with Gasteiger partial charge in [0, 0.05) is 47.1 Å². The van der Waals surface area contributed by atoms with Gasteiger partial charge in [-0.3, -0.25) is 9.59 Å². The van der Waals surface area contributed by atoms with Crippen LogP contribution in [0.4, 0.5) is 0 Å². The number of hydrogen-bond donors (Lipinski definition) is 2. The van der Waals surface area contributed by atoms with E-state index in [1.807, 2.05) is 54.5 Å². The predicted octanol–water partition coefficient (Wildman–Crippen LogP) is 5.16. The van der Waals surface area contributed by atoms with Crippen molar-refractivity contribution in [3.05, 3.63) is 51.6 Å². The van der Waals surface area contributed by atoms with Gasteiger partial charge in [-0.25, -0.2) is 4.79 Å². The molecule has 2 N–H and O–H groups in total. The van der Waals surface area contributed by atoms with Gasteiger partial charge in [0.2, 0.25) is 5.78 Å². The first kappa shape index (κ1) is 29.6. The summed E-state index contributed by atoms with van der Waals surface area (Å²) in [5, 5.41) is 21.4. The third-order valence-corrected chi connectivity index (χ3v) is 10.7. The standard InChI is InChI=1S/C34H40O9/c1-16(2)10-11-19-24(35)22-25(36)20-14-32(40-9)15-21-31(7,8)43-33(29(32)39,13-12-17(3)28(37)38)34(20,21)42-27(22)23-26(19)41-18(4)30(23,5)6/h10,12,14,18,21,35H,11,13,15H2,1-9H3,(H,37,38)/b17-12-/t18-,21-,32-,33-,34+/m1/s1. The Labute approximate surface area is 251 Å². The number of carboxylic acid groups (broad SMARTS) is 1. The maximum Gasteiger partial charge on any atom is 0.330 e. The molecule has 4 bridgehead atoms. The SMILES string of the molecule is CO[C@]12C=C3C(=O)c4c(O)c(CC=C(C)C)c5c(c4O[C@]34[C@H](C1)C(C)(C)O[C@]4(C/C=C(/C)C(=O)O)C2=O)C(C)(C)[C@@H](C)O5. The lowest BCUT2D eigenvalue weighted by Gasteiger charge is -2.59. The Hall–Kier alpha value is -3.43. The number of phenolic OH excluding ortho intramolecular Hbond substituents is 1. The number of carbonyl (C=O) groups is 3. The van der Waals surface area contributed by atoms with Crippen LogP contribution >= 0.6 is 0 Å². The van der Waals surface area contributed by atoms with Gasteiger partial charge in [-0.2, -0.15) is 0 Å². The Kier molecular flexibility index (Phi) is 6.08. The molecule has 3 aliphatic heterocycles. The lowest BCUT2D eigenvalue weighted by atomic mass is 9.49. The van der Waals surface area contributed by atoms with Crippen molar-refractivity contribution in [2.75, 3.05) is 7.11 Å². The number of methoxy groups -OCH3 is 1. The molecule has 1 spiro atoms. The lowest BCUT2D eigenvalue weighted by Crippen LogP contribution is -2.77. The van der Waals surface area contributed by atoms with Gasteiger partial charge in [0.05, 0.1) is 5.60 Å². The second-order valence-corrected chi connectivity index (χ2v) is 14.0. The predicted molar refractivity (Wildman–Crippen MR) is 157 cm³/mol. The highest BCUT2D eigenvalue weighted by molar-refractivity contribution is 6.20. The van der Waals surface area contributed by atoms with Gasteiger partial charge in [0.15, 0.2) is 17.0 Å². The van der Waals surface area contributed by atoms with E-state index in [9.17, 15) is 24.6 Å². The van der Waals surface area contributed by atoms with Crippen molar-refractivity contribution in [2.45, 2.75) is 109 Å². The summed E-state index contributed by atoms with van der Waals surface area (Å²) in [6.45, 7) is 15.1. The minimum atomic E-state index is -1.76. The summed E-state index contributed by atoms with van der Waals surface area (Å²) in [6, 6.07) is 0. The van der Waals surface area contributed by atoms with Crippen LogP contribution in [-0.2, 0) is 30.9 Å². The number of fused-ring (bicyclic) bond motifs is 3. The van der Waals surface area contributed by atoms with Crippen LogP contribution in [0.1, 0.15) is 89.7 Å². The van der Waals surface area contributed by atoms with Gasteiger partial charge in [0.1, 0.15) is 34.5 Å². The Morgan fingerprint density at radius 2 is 1.79 bits per heavy atom. The number of ether oxygens (including phenoxy) is 4. The van der Waals surface area contributed by atoms with E-state index in [-0.39, 0.29) is 47.2 Å². The maximum absolute atomic E-state index is 14.8. The highest BCUT2D eigenvalue weighted by Gasteiger charge is 2.84. The molecule has 0 aromatic heterocycles. The fraction of sp³-hybridized carbons (Fsp3) is 0.559. The Bertz CT molecular complexity index is 1600. The van der Waals surface area contributed by atoms with Gasteiger partial charge >= 0.3 is 5.97 Å². The second kappa shape index (κ2) is 8.82. The number of ketones is 2. The quantitative estimate of drug-likeness (QED) is 0.340. The summed E-state index contributed by atoms with van der Waals surface area (Å²) in [4.78, 5) is 41.2. The smallest absolute Gasteiger partial charge is 0.330 e. The Morgan fingerprint density at radius 1 is 1.12 bits per heavy atom. The van der Waals surface area contributed by atoms with Gasteiger partial charge in [-0.05, 0) is 60.5 Å². The zero-order valence-corrected chi connectivity index (χ0v) is 26.3. The average Bonchev–Trinajstić information content (AvgIpc) is 3.25. The average molecular weight is 593 g/mol. The number of carboxylic acids is 1. The first-order valence-electron chi connectivity index (χ1n) is 14.8. The monoisotopic (exact) mass is 592 g/mol. The van der Waals surface area contributed by atoms with E-state index in [0.29, 0.717) is 23.3 Å². The van der Waals surface area contributed by atoms with Gasteiger partial charge < -0.3 is 29.2 Å². The highest BCUT2D eigenvalue weighted by atomic mass is 16.6. The van der Waals surface area contributed by atoms with Crippen molar-refractivity contribution in [2.24, 2.45) is 5.92 Å². The van der Waals surface area contributed by atoms with E-state index in [1.165, 1.54) is 20.1 Å². The fourth-order valence-corrected chi connectivity index (χ4v) is 8.02. The molecule has 230 valence electrons. The van der Waals surface area contributed by atoms with Crippen LogP contribution in [0, 0.1) is 5.92 Å². The molecule has 9 heteroatoms. The molecule has 5 atom stereocenters. The molecule has 43 heavy (non-hydrogen) atoms. The first-order chi connectivity index (χ1) is 19.9. The van der Waals surface area contributed by atoms with E-state index < -0.39 is 51.3 Å². The number of aromatic hydroxyl groups is 1. The van der Waals surface area contributed by atoms with Crippen LogP contribution in [0.25, 0.3) is 0 Å². The van der Waals surface area contributed by atoms with Crippen LogP contribution < -0.4 is 9.47 Å². The number of rotatable bonds is 6. The summed E-state index contributed by atoms with van der Waals surface area (Å²) in [5.41, 5.74) is -3.91. The van der Waals surface area contributed by atoms with Crippen LogP contribution in [-0.4, -0.2) is 63.4 Å². The third-order valence-electron chi connectivity index (χ3n) is 10.7. The van der Waals surface area contributed by atoms with Crippen LogP contribution in [0.5, 0.6) is 17.2 Å². The largest absolute Gasteiger partial charge is 0.507 e. The first-order valence-corrected chi connectivity index (χ1v) is 14.8. The van der Waals surface area contributed by atoms with E-state index >= 15 is 0 Å². The van der Waals surface area contributed by atoms with Crippen LogP contribution in [0.2, 0.25) is 0 Å². The lowest BCUT2D eigenvalue weighted by molar-refractivity contribution is -0.190. The van der Waals surface area contributed by atoms with Gasteiger partial charge in [0.25, 0.3) is 0 Å². The van der Waals surface area contributed by atoms with Crippen molar-refractivity contribution < 1.29 is 43.5 Å². The number of benzene rings is 1. The molecule has 2 fully saturated rings. The molecular weight excluding hydrogens is 552 g/mol. The Morgan fingerprint density at radius 3 is 2.40 bits per heavy atom. The topological polar surface area (TPSA) is 129 Å². The van der Waals surface area contributed by atoms with Crippen molar-refractivity contribution >= 4 is 17.5 Å². The number of aliphatic carboxylic acids is 1. The molecule has 7 rings (SSSR count). The summed E-state index contributed by atoms with van der Waals surface area (Å²) < 4.78 is 26.1. The minimum Gasteiger partial charge on any atom is -0.507 e. The van der Waals surface area contributed by atoms with Gasteiger partial charge in [-0.15, -0.1) is 0 Å². The molecule has 1 saturated carbocycles. The second-order valence-electron chi connectivity index (χ2n) is 14.0. The molecule has 1 saturated heterocycles. The molecule has 0 radical (unpaired) electrons. The fourth-order valence-electron chi connectivity index (χ4n) is 8.02. The zero-order valence-electron chi connectivity index (χ0n) is 26.3. The number of carbonyl (C=O) groups excluding carboxylic acids is 2. The summed E-state index contributed by atoms with van der Waals surface area (Å²) >= 11 is 0. The van der Waals surface area contributed by atoms with Crippen molar-refractivity contribution in [3.8, 4) is 17.2 Å². The summed E-state index contributed by atoms with van der Waals surface area (Å²) in [7, 11) is 1.43. The molecule has 6 aliphatic rings. The molecule has 1 aromatic rings. The normalized spacial score (nSPS) is 34.1. The molecule has 3 aliphatic carbocycles. The number of Topliss-reactive ketones (excluding diaryl/α,β-unsaturated/α-hetero) is 2. The van der Waals surface area contributed by atoms with E-state index in [4.69, 9.17) is 18.9 Å². The minimum absolute atomic E-state index is 0.0365. The maximum atomic E-state index is 14.8. The molecular formula is C34H40O9. The van der Waals surface area contributed by atoms with Crippen molar-refractivity contribution in [3.63, 3.8) is 0 Å².